The van der Waals surface area contributed by atoms with Crippen LogP contribution in [-0.2, 0) is 5.41 Å². The van der Waals surface area contributed by atoms with Gasteiger partial charge in [-0.1, -0.05) is 18.9 Å². The average Bonchev–Trinajstić information content (AvgIpc) is 2.79. The summed E-state index contributed by atoms with van der Waals surface area (Å²) < 4.78 is 14.4. The van der Waals surface area contributed by atoms with Gasteiger partial charge in [0, 0.05) is 12.0 Å². The Kier molecular flexibility index (Phi) is 3.64. The van der Waals surface area contributed by atoms with Crippen molar-refractivity contribution in [3.8, 4) is 5.75 Å². The first-order chi connectivity index (χ1) is 8.14. The lowest BCUT2D eigenvalue weighted by molar-refractivity contribution is 0.407. The first-order valence-electron chi connectivity index (χ1n) is 5.90. The topological polar surface area (TPSA) is 46.2 Å². The van der Waals surface area contributed by atoms with Gasteiger partial charge in [-0.2, -0.15) is 0 Å². The molecule has 0 bridgehead atoms. The molecular weight excluding hydrogens is 237 g/mol. The van der Waals surface area contributed by atoms with E-state index >= 15 is 0 Å². The molecule has 94 valence electrons. The summed E-state index contributed by atoms with van der Waals surface area (Å²) in [6.07, 6.45) is 5.86. The molecule has 1 aromatic carbocycles. The first kappa shape index (κ1) is 12.7. The summed E-state index contributed by atoms with van der Waals surface area (Å²) in [4.78, 5) is 0.335. The maximum Gasteiger partial charge on any atom is 0.144 e. The summed E-state index contributed by atoms with van der Waals surface area (Å²) >= 11 is 1.24. The predicted octanol–water partition coefficient (Wildman–Crippen LogP) is 3.02. The number of hydrogen-bond acceptors (Lipinski definition) is 3. The van der Waals surface area contributed by atoms with Crippen LogP contribution in [0.5, 0.6) is 5.75 Å². The normalized spacial score (nSPS) is 18.5. The maximum atomic E-state index is 14.4. The minimum atomic E-state index is -0.287. The van der Waals surface area contributed by atoms with E-state index in [1.165, 1.54) is 11.8 Å². The van der Waals surface area contributed by atoms with Crippen molar-refractivity contribution in [3.63, 3.8) is 0 Å². The number of nitrogens with two attached hydrogens (primary N) is 1. The van der Waals surface area contributed by atoms with Gasteiger partial charge in [-0.05, 0) is 30.7 Å². The van der Waals surface area contributed by atoms with E-state index in [1.807, 2.05) is 0 Å². The van der Waals surface area contributed by atoms with Crippen LogP contribution in [-0.4, -0.2) is 17.9 Å². The molecule has 1 aromatic rings. The Balaban J connectivity index is 2.51. The maximum absolute atomic E-state index is 14.4. The van der Waals surface area contributed by atoms with Gasteiger partial charge in [0.1, 0.15) is 11.6 Å². The lowest BCUT2D eigenvalue weighted by Gasteiger charge is -2.29. The Morgan fingerprint density at radius 1 is 1.41 bits per heavy atom. The molecule has 1 saturated carbocycles. The standard InChI is InChI=1S/C13H18FNOS/c1-17-12-10(16)5-4-9(11(12)14)13(8-15)6-2-3-7-13/h4-5,16H,2-3,6-8,15H2,1H3. The second-order valence-corrected chi connectivity index (χ2v) is 5.49. The van der Waals surface area contributed by atoms with Gasteiger partial charge in [-0.3, -0.25) is 0 Å². The van der Waals surface area contributed by atoms with Gasteiger partial charge in [-0.15, -0.1) is 11.8 Å². The quantitative estimate of drug-likeness (QED) is 0.816. The van der Waals surface area contributed by atoms with Crippen molar-refractivity contribution in [1.82, 2.24) is 0 Å². The van der Waals surface area contributed by atoms with Crippen LogP contribution in [0.25, 0.3) is 0 Å². The number of benzene rings is 1. The van der Waals surface area contributed by atoms with Gasteiger partial charge in [0.25, 0.3) is 0 Å². The number of phenolic OH excluding ortho intramolecular Hbond substituents is 1. The molecule has 0 spiro atoms. The van der Waals surface area contributed by atoms with Gasteiger partial charge in [0.2, 0.25) is 0 Å². The number of halogens is 1. The molecule has 0 radical (unpaired) electrons. The predicted molar refractivity (Wildman–Crippen MR) is 69.0 cm³/mol. The third kappa shape index (κ3) is 2.04. The Morgan fingerprint density at radius 3 is 2.59 bits per heavy atom. The molecule has 0 aliphatic heterocycles. The number of thioether (sulfide) groups is 1. The summed E-state index contributed by atoms with van der Waals surface area (Å²) in [6.45, 7) is 0.475. The lowest BCUT2D eigenvalue weighted by atomic mass is 9.78. The average molecular weight is 255 g/mol. The van der Waals surface area contributed by atoms with Gasteiger partial charge in [0.05, 0.1) is 4.90 Å². The zero-order chi connectivity index (χ0) is 12.5. The number of rotatable bonds is 3. The molecule has 1 fully saturated rings. The Labute approximate surface area is 105 Å². The van der Waals surface area contributed by atoms with E-state index < -0.39 is 0 Å². The highest BCUT2D eigenvalue weighted by Gasteiger charge is 2.37. The van der Waals surface area contributed by atoms with Gasteiger partial charge < -0.3 is 10.8 Å². The summed E-state index contributed by atoms with van der Waals surface area (Å²) in [6, 6.07) is 3.28. The van der Waals surface area contributed by atoms with Crippen molar-refractivity contribution in [2.45, 2.75) is 36.0 Å². The third-order valence-corrected chi connectivity index (χ3v) is 4.60. The Hall–Kier alpha value is -0.740. The molecule has 1 aliphatic carbocycles. The van der Waals surface area contributed by atoms with Crippen LogP contribution < -0.4 is 5.73 Å². The monoisotopic (exact) mass is 255 g/mol. The molecule has 0 saturated heterocycles. The van der Waals surface area contributed by atoms with Crippen LogP contribution in [0.4, 0.5) is 4.39 Å². The minimum Gasteiger partial charge on any atom is -0.507 e. The van der Waals surface area contributed by atoms with Crippen LogP contribution in [0.15, 0.2) is 17.0 Å². The molecule has 0 atom stereocenters. The number of aromatic hydroxyl groups is 1. The molecule has 3 N–H and O–H groups in total. The lowest BCUT2D eigenvalue weighted by Crippen LogP contribution is -2.33. The van der Waals surface area contributed by atoms with E-state index in [0.29, 0.717) is 17.0 Å². The first-order valence-corrected chi connectivity index (χ1v) is 7.13. The molecule has 17 heavy (non-hydrogen) atoms. The Morgan fingerprint density at radius 2 is 2.06 bits per heavy atom. The SMILES string of the molecule is CSc1c(O)ccc(C2(CN)CCCC2)c1F. The van der Waals surface area contributed by atoms with Crippen LogP contribution >= 0.6 is 11.8 Å². The van der Waals surface area contributed by atoms with Gasteiger partial charge in [-0.25, -0.2) is 4.39 Å². The van der Waals surface area contributed by atoms with Gasteiger partial charge in [0.15, 0.2) is 0 Å². The van der Waals surface area contributed by atoms with Crippen molar-refractivity contribution in [2.24, 2.45) is 5.73 Å². The summed E-state index contributed by atoms with van der Waals surface area (Å²) in [5.74, 6) is -0.270. The Bertz CT molecular complexity index is 416. The van der Waals surface area contributed by atoms with Crippen LogP contribution in [0.3, 0.4) is 0 Å². The molecule has 0 unspecified atom stereocenters. The third-order valence-electron chi connectivity index (χ3n) is 3.80. The number of phenols is 1. The van der Waals surface area contributed by atoms with Crippen molar-refractivity contribution in [2.75, 3.05) is 12.8 Å². The summed E-state index contributed by atoms with van der Waals surface area (Å²) in [5, 5.41) is 9.62. The molecule has 0 heterocycles. The highest BCUT2D eigenvalue weighted by Crippen LogP contribution is 2.44. The molecule has 0 aromatic heterocycles. The summed E-state index contributed by atoms with van der Waals surface area (Å²) in [7, 11) is 0. The smallest absolute Gasteiger partial charge is 0.144 e. The van der Waals surface area contributed by atoms with E-state index in [2.05, 4.69) is 0 Å². The van der Waals surface area contributed by atoms with E-state index in [-0.39, 0.29) is 17.0 Å². The van der Waals surface area contributed by atoms with E-state index in [9.17, 15) is 9.50 Å². The highest BCUT2D eigenvalue weighted by atomic mass is 32.2. The molecule has 2 rings (SSSR count). The molecule has 1 aliphatic rings. The second kappa shape index (κ2) is 4.86. The van der Waals surface area contributed by atoms with Crippen molar-refractivity contribution < 1.29 is 9.50 Å². The molecule has 0 amide bonds. The van der Waals surface area contributed by atoms with E-state index in [0.717, 1.165) is 25.7 Å². The highest BCUT2D eigenvalue weighted by molar-refractivity contribution is 7.98. The number of hydrogen-bond donors (Lipinski definition) is 2. The zero-order valence-electron chi connectivity index (χ0n) is 10.0. The largest absolute Gasteiger partial charge is 0.507 e. The van der Waals surface area contributed by atoms with Crippen molar-refractivity contribution in [1.29, 1.82) is 0 Å². The second-order valence-electron chi connectivity index (χ2n) is 4.67. The molecule has 4 heteroatoms. The summed E-state index contributed by atoms with van der Waals surface area (Å²) in [5.41, 5.74) is 6.32. The fraction of sp³-hybridized carbons (Fsp3) is 0.538. The fourth-order valence-corrected chi connectivity index (χ4v) is 3.35. The van der Waals surface area contributed by atoms with Crippen molar-refractivity contribution >= 4 is 11.8 Å². The minimum absolute atomic E-state index is 0.0175. The van der Waals surface area contributed by atoms with Gasteiger partial charge >= 0.3 is 0 Å². The van der Waals surface area contributed by atoms with Crippen LogP contribution in [0.2, 0.25) is 0 Å². The molecular formula is C13H18FNOS. The van der Waals surface area contributed by atoms with Crippen molar-refractivity contribution in [3.05, 3.63) is 23.5 Å². The molecule has 2 nitrogen and oxygen atoms in total. The fourth-order valence-electron chi connectivity index (χ4n) is 2.78. The zero-order valence-corrected chi connectivity index (χ0v) is 10.8. The van der Waals surface area contributed by atoms with E-state index in [4.69, 9.17) is 5.73 Å². The van der Waals surface area contributed by atoms with Crippen LogP contribution in [0, 0.1) is 5.82 Å². The van der Waals surface area contributed by atoms with E-state index in [1.54, 1.807) is 18.4 Å². The van der Waals surface area contributed by atoms with Crippen LogP contribution in [0.1, 0.15) is 31.2 Å².